The Labute approximate surface area is 180 Å². The maximum atomic E-state index is 13.7. The fraction of sp³-hybridized carbons (Fsp3) is 0.0952. The highest BCUT2D eigenvalue weighted by Crippen LogP contribution is 2.27. The van der Waals surface area contributed by atoms with Crippen LogP contribution in [-0.2, 0) is 10.0 Å². The van der Waals surface area contributed by atoms with Crippen LogP contribution in [0.3, 0.4) is 0 Å². The Morgan fingerprint density at radius 2 is 1.47 bits per heavy atom. The van der Waals surface area contributed by atoms with Crippen LogP contribution in [0.25, 0.3) is 0 Å². The zero-order valence-corrected chi connectivity index (χ0v) is 17.0. The molecule has 1 amide bonds. The molecule has 0 aliphatic heterocycles. The lowest BCUT2D eigenvalue weighted by Crippen LogP contribution is -2.20. The first-order valence-corrected chi connectivity index (χ1v) is 10.5. The molecule has 0 spiro atoms. The standard InChI is InChI=1S/C21H16F4N2O4S/c22-16-5-1-2-6-17(16)27-32(29,30)15-11-9-14(10-12-15)20(28)26-18-7-3-4-8-19(18)31-13-21(23,24)25/h1-12,27H,13H2,(H,26,28). The molecule has 3 rings (SSSR count). The number of carbonyl (C=O) groups is 1. The van der Waals surface area contributed by atoms with E-state index in [1.807, 2.05) is 0 Å². The summed E-state index contributed by atoms with van der Waals surface area (Å²) in [5.41, 5.74) is -0.176. The van der Waals surface area contributed by atoms with Crippen molar-refractivity contribution in [2.75, 3.05) is 16.6 Å². The molecule has 0 aromatic heterocycles. The number of para-hydroxylation sites is 3. The summed E-state index contributed by atoms with van der Waals surface area (Å²) in [7, 11) is -4.11. The molecule has 0 bridgehead atoms. The van der Waals surface area contributed by atoms with Crippen molar-refractivity contribution in [3.05, 3.63) is 84.2 Å². The quantitative estimate of drug-likeness (QED) is 0.487. The zero-order chi connectivity index (χ0) is 23.4. The van der Waals surface area contributed by atoms with E-state index in [9.17, 15) is 30.8 Å². The Hall–Kier alpha value is -3.60. The van der Waals surface area contributed by atoms with Crippen molar-refractivity contribution >= 4 is 27.3 Å². The molecule has 0 heterocycles. The molecule has 0 saturated heterocycles. The summed E-state index contributed by atoms with van der Waals surface area (Å²) in [4.78, 5) is 12.2. The van der Waals surface area contributed by atoms with Crippen molar-refractivity contribution in [1.29, 1.82) is 0 Å². The molecule has 0 fully saturated rings. The molecule has 0 aliphatic carbocycles. The van der Waals surface area contributed by atoms with Gasteiger partial charge in [0.25, 0.3) is 15.9 Å². The summed E-state index contributed by atoms with van der Waals surface area (Å²) in [5, 5.41) is 2.42. The van der Waals surface area contributed by atoms with E-state index in [4.69, 9.17) is 4.74 Å². The van der Waals surface area contributed by atoms with Crippen LogP contribution in [0.15, 0.2) is 77.7 Å². The van der Waals surface area contributed by atoms with E-state index in [1.54, 1.807) is 0 Å². The summed E-state index contributed by atoms with van der Waals surface area (Å²) < 4.78 is 82.6. The van der Waals surface area contributed by atoms with Crippen molar-refractivity contribution < 1.29 is 35.5 Å². The molecule has 168 valence electrons. The normalized spacial score (nSPS) is 11.6. The second-order valence-electron chi connectivity index (χ2n) is 6.46. The van der Waals surface area contributed by atoms with E-state index >= 15 is 0 Å². The lowest BCUT2D eigenvalue weighted by molar-refractivity contribution is -0.153. The largest absolute Gasteiger partial charge is 0.482 e. The van der Waals surface area contributed by atoms with Gasteiger partial charge in [0.15, 0.2) is 6.61 Å². The number of hydrogen-bond donors (Lipinski definition) is 2. The Morgan fingerprint density at radius 3 is 2.09 bits per heavy atom. The van der Waals surface area contributed by atoms with E-state index in [0.29, 0.717) is 0 Å². The van der Waals surface area contributed by atoms with Crippen LogP contribution in [0.1, 0.15) is 10.4 Å². The van der Waals surface area contributed by atoms with Gasteiger partial charge in [0.2, 0.25) is 0 Å². The van der Waals surface area contributed by atoms with Crippen LogP contribution in [0, 0.1) is 5.82 Å². The van der Waals surface area contributed by atoms with Gasteiger partial charge < -0.3 is 10.1 Å². The highest BCUT2D eigenvalue weighted by atomic mass is 32.2. The number of halogens is 4. The average molecular weight is 468 g/mol. The number of ether oxygens (including phenoxy) is 1. The van der Waals surface area contributed by atoms with Gasteiger partial charge in [-0.2, -0.15) is 13.2 Å². The van der Waals surface area contributed by atoms with Gasteiger partial charge in [0.05, 0.1) is 16.3 Å². The number of sulfonamides is 1. The molecule has 0 atom stereocenters. The van der Waals surface area contributed by atoms with Crippen LogP contribution in [0.2, 0.25) is 0 Å². The van der Waals surface area contributed by atoms with Gasteiger partial charge in [-0.25, -0.2) is 12.8 Å². The summed E-state index contributed by atoms with van der Waals surface area (Å²) in [6, 6.07) is 15.5. The van der Waals surface area contributed by atoms with Gasteiger partial charge in [0, 0.05) is 5.56 Å². The molecule has 3 aromatic rings. The van der Waals surface area contributed by atoms with Crippen molar-refractivity contribution in [2.24, 2.45) is 0 Å². The monoisotopic (exact) mass is 468 g/mol. The van der Waals surface area contributed by atoms with Crippen LogP contribution >= 0.6 is 0 Å². The molecule has 2 N–H and O–H groups in total. The van der Waals surface area contributed by atoms with Gasteiger partial charge in [0.1, 0.15) is 11.6 Å². The lowest BCUT2D eigenvalue weighted by atomic mass is 10.2. The molecule has 0 aliphatic rings. The summed E-state index contributed by atoms with van der Waals surface area (Å²) in [6.45, 7) is -1.53. The van der Waals surface area contributed by atoms with Gasteiger partial charge in [-0.05, 0) is 48.5 Å². The minimum Gasteiger partial charge on any atom is -0.482 e. The summed E-state index contributed by atoms with van der Waals surface area (Å²) in [5.74, 6) is -1.62. The Morgan fingerprint density at radius 1 is 0.875 bits per heavy atom. The maximum Gasteiger partial charge on any atom is 0.422 e. The number of carbonyl (C=O) groups excluding carboxylic acids is 1. The number of nitrogens with one attached hydrogen (secondary N) is 2. The first-order valence-electron chi connectivity index (χ1n) is 9.02. The lowest BCUT2D eigenvalue weighted by Gasteiger charge is -2.14. The van der Waals surface area contributed by atoms with E-state index in [0.717, 1.165) is 18.2 Å². The van der Waals surface area contributed by atoms with Gasteiger partial charge >= 0.3 is 6.18 Å². The van der Waals surface area contributed by atoms with Gasteiger partial charge in [-0.1, -0.05) is 24.3 Å². The van der Waals surface area contributed by atoms with Crippen molar-refractivity contribution in [2.45, 2.75) is 11.1 Å². The van der Waals surface area contributed by atoms with Gasteiger partial charge in [-0.15, -0.1) is 0 Å². The molecule has 32 heavy (non-hydrogen) atoms. The molecular weight excluding hydrogens is 452 g/mol. The number of amides is 1. The predicted molar refractivity (Wildman–Crippen MR) is 110 cm³/mol. The van der Waals surface area contributed by atoms with Crippen molar-refractivity contribution in [3.63, 3.8) is 0 Å². The zero-order valence-electron chi connectivity index (χ0n) is 16.2. The minimum absolute atomic E-state index is 0.0136. The first-order chi connectivity index (χ1) is 15.0. The molecule has 0 unspecified atom stereocenters. The summed E-state index contributed by atoms with van der Waals surface area (Å²) in [6.07, 6.45) is -4.55. The third-order valence-electron chi connectivity index (χ3n) is 4.07. The smallest absolute Gasteiger partial charge is 0.422 e. The highest BCUT2D eigenvalue weighted by Gasteiger charge is 2.29. The number of rotatable bonds is 7. The third-order valence-corrected chi connectivity index (χ3v) is 5.45. The Bertz CT molecular complexity index is 1210. The molecule has 3 aromatic carbocycles. The number of hydrogen-bond acceptors (Lipinski definition) is 4. The van der Waals surface area contributed by atoms with Crippen molar-refractivity contribution in [1.82, 2.24) is 0 Å². The maximum absolute atomic E-state index is 13.7. The SMILES string of the molecule is O=C(Nc1ccccc1OCC(F)(F)F)c1ccc(S(=O)(=O)Nc2ccccc2F)cc1. The van der Waals surface area contributed by atoms with Crippen molar-refractivity contribution in [3.8, 4) is 5.75 Å². The second kappa shape index (κ2) is 9.27. The van der Waals surface area contributed by atoms with Crippen LogP contribution in [0.5, 0.6) is 5.75 Å². The Balaban J connectivity index is 1.73. The molecule has 0 saturated carbocycles. The Kier molecular flexibility index (Phi) is 6.68. The van der Waals surface area contributed by atoms with Crippen LogP contribution < -0.4 is 14.8 Å². The second-order valence-corrected chi connectivity index (χ2v) is 8.15. The van der Waals surface area contributed by atoms with Gasteiger partial charge in [-0.3, -0.25) is 9.52 Å². The van der Waals surface area contributed by atoms with E-state index in [2.05, 4.69) is 10.0 Å². The minimum atomic E-state index is -4.55. The fourth-order valence-corrected chi connectivity index (χ4v) is 3.65. The molecular formula is C21H16F4N2O4S. The number of anilines is 2. The van der Waals surface area contributed by atoms with Crippen LogP contribution in [-0.4, -0.2) is 27.1 Å². The van der Waals surface area contributed by atoms with E-state index in [-0.39, 0.29) is 27.6 Å². The van der Waals surface area contributed by atoms with Crippen LogP contribution in [0.4, 0.5) is 28.9 Å². The first kappa shape index (κ1) is 23.1. The number of alkyl halides is 3. The fourth-order valence-electron chi connectivity index (χ4n) is 2.58. The van der Waals surface area contributed by atoms with E-state index in [1.165, 1.54) is 54.6 Å². The summed E-state index contributed by atoms with van der Waals surface area (Å²) >= 11 is 0. The topological polar surface area (TPSA) is 84.5 Å². The highest BCUT2D eigenvalue weighted by molar-refractivity contribution is 7.92. The third kappa shape index (κ3) is 5.97. The molecule has 6 nitrogen and oxygen atoms in total. The number of benzene rings is 3. The predicted octanol–water partition coefficient (Wildman–Crippen LogP) is 4.82. The van der Waals surface area contributed by atoms with E-state index < -0.39 is 34.5 Å². The molecule has 0 radical (unpaired) electrons. The molecule has 11 heteroatoms. The average Bonchev–Trinajstić information content (AvgIpc) is 2.74.